The first-order chi connectivity index (χ1) is 8.66. The topological polar surface area (TPSA) is 46.5 Å². The van der Waals surface area contributed by atoms with E-state index in [9.17, 15) is 9.90 Å². The van der Waals surface area contributed by atoms with Gasteiger partial charge < -0.3 is 9.84 Å². The van der Waals surface area contributed by atoms with Crippen LogP contribution in [0.15, 0.2) is 54.6 Å². The molecule has 0 aliphatic heterocycles. The molecule has 4 heteroatoms. The maximum absolute atomic E-state index is 11.2. The quantitative estimate of drug-likeness (QED) is 0.917. The van der Waals surface area contributed by atoms with Gasteiger partial charge in [0.2, 0.25) is 6.10 Å². The van der Waals surface area contributed by atoms with E-state index < -0.39 is 12.1 Å². The molecular weight excluding hydrogens is 252 g/mol. The molecule has 0 aromatic heterocycles. The Bertz CT molecular complexity index is 540. The van der Waals surface area contributed by atoms with E-state index in [1.54, 1.807) is 48.5 Å². The van der Waals surface area contributed by atoms with Gasteiger partial charge in [0.05, 0.1) is 0 Å². The average molecular weight is 263 g/mol. The van der Waals surface area contributed by atoms with Crippen LogP contribution in [-0.4, -0.2) is 11.1 Å². The van der Waals surface area contributed by atoms with E-state index in [0.717, 1.165) is 0 Å². The number of carboxylic acid groups (broad SMARTS) is 1. The Kier molecular flexibility index (Phi) is 3.85. The summed E-state index contributed by atoms with van der Waals surface area (Å²) < 4.78 is 5.46. The van der Waals surface area contributed by atoms with Crippen molar-refractivity contribution < 1.29 is 14.6 Å². The van der Waals surface area contributed by atoms with Gasteiger partial charge in [-0.3, -0.25) is 0 Å². The molecule has 0 saturated carbocycles. The Hall–Kier alpha value is -2.00. The summed E-state index contributed by atoms with van der Waals surface area (Å²) in [5.41, 5.74) is 0.513. The lowest BCUT2D eigenvalue weighted by atomic mass is 10.1. The molecule has 1 atom stereocenters. The van der Waals surface area contributed by atoms with Crippen molar-refractivity contribution in [3.05, 3.63) is 65.2 Å². The first-order valence-corrected chi connectivity index (χ1v) is 5.74. The molecule has 2 aromatic carbocycles. The summed E-state index contributed by atoms with van der Waals surface area (Å²) in [5, 5.41) is 9.69. The summed E-state index contributed by atoms with van der Waals surface area (Å²) in [6.45, 7) is 0. The third-order valence-corrected chi connectivity index (χ3v) is 2.61. The van der Waals surface area contributed by atoms with Crippen LogP contribution in [0.2, 0.25) is 5.02 Å². The van der Waals surface area contributed by atoms with Crippen molar-refractivity contribution in [1.29, 1.82) is 0 Å². The molecular formula is C14H11ClO3. The summed E-state index contributed by atoms with van der Waals surface area (Å²) in [4.78, 5) is 11.2. The maximum Gasteiger partial charge on any atom is 0.349 e. The lowest BCUT2D eigenvalue weighted by molar-refractivity contribution is -0.145. The number of aliphatic carboxylic acids is 1. The zero-order chi connectivity index (χ0) is 13.0. The largest absolute Gasteiger partial charge is 0.478 e. The van der Waals surface area contributed by atoms with Crippen LogP contribution in [0.3, 0.4) is 0 Å². The fraction of sp³-hybridized carbons (Fsp3) is 0.0714. The van der Waals surface area contributed by atoms with E-state index in [2.05, 4.69) is 0 Å². The van der Waals surface area contributed by atoms with Crippen LogP contribution >= 0.6 is 11.6 Å². The molecule has 1 unspecified atom stereocenters. The van der Waals surface area contributed by atoms with Gasteiger partial charge in [-0.25, -0.2) is 4.79 Å². The van der Waals surface area contributed by atoms with Crippen molar-refractivity contribution >= 4 is 17.6 Å². The third-order valence-electron chi connectivity index (χ3n) is 2.37. The lowest BCUT2D eigenvalue weighted by Gasteiger charge is -2.15. The number of para-hydroxylation sites is 1. The second kappa shape index (κ2) is 5.56. The Labute approximate surface area is 110 Å². The Morgan fingerprint density at radius 2 is 1.83 bits per heavy atom. The highest BCUT2D eigenvalue weighted by Gasteiger charge is 2.21. The molecule has 0 aliphatic rings. The number of ether oxygens (including phenoxy) is 1. The standard InChI is InChI=1S/C14H11ClO3/c15-11-6-4-5-10(9-11)13(14(16)17)18-12-7-2-1-3-8-12/h1-9,13H,(H,16,17). The van der Waals surface area contributed by atoms with Gasteiger partial charge in [-0.05, 0) is 24.3 Å². The summed E-state index contributed by atoms with van der Waals surface area (Å²) in [6.07, 6.45) is -1.06. The molecule has 2 rings (SSSR count). The molecule has 0 heterocycles. The molecule has 92 valence electrons. The van der Waals surface area contributed by atoms with Crippen LogP contribution in [0.25, 0.3) is 0 Å². The summed E-state index contributed by atoms with van der Waals surface area (Å²) >= 11 is 5.85. The smallest absolute Gasteiger partial charge is 0.349 e. The molecule has 0 saturated heterocycles. The van der Waals surface area contributed by atoms with Crippen molar-refractivity contribution in [3.63, 3.8) is 0 Å². The molecule has 0 aliphatic carbocycles. The molecule has 3 nitrogen and oxygen atoms in total. The van der Waals surface area contributed by atoms with Crippen LogP contribution < -0.4 is 4.74 Å². The number of benzene rings is 2. The van der Waals surface area contributed by atoms with Crippen LogP contribution in [0.5, 0.6) is 5.75 Å². The molecule has 0 fully saturated rings. The molecule has 1 N–H and O–H groups in total. The van der Waals surface area contributed by atoms with Crippen molar-refractivity contribution in [1.82, 2.24) is 0 Å². The zero-order valence-corrected chi connectivity index (χ0v) is 10.2. The summed E-state index contributed by atoms with van der Waals surface area (Å²) in [7, 11) is 0. The van der Waals surface area contributed by atoms with Crippen LogP contribution in [-0.2, 0) is 4.79 Å². The highest BCUT2D eigenvalue weighted by atomic mass is 35.5. The Morgan fingerprint density at radius 1 is 1.11 bits per heavy atom. The van der Waals surface area contributed by atoms with Gasteiger partial charge in [-0.15, -0.1) is 0 Å². The van der Waals surface area contributed by atoms with Crippen molar-refractivity contribution in [2.75, 3.05) is 0 Å². The van der Waals surface area contributed by atoms with Gasteiger partial charge in [0.15, 0.2) is 0 Å². The van der Waals surface area contributed by atoms with E-state index in [1.165, 1.54) is 0 Å². The van der Waals surface area contributed by atoms with Crippen LogP contribution in [0.4, 0.5) is 0 Å². The van der Waals surface area contributed by atoms with E-state index >= 15 is 0 Å². The number of halogens is 1. The second-order valence-corrected chi connectivity index (χ2v) is 4.14. The predicted octanol–water partition coefficient (Wildman–Crippen LogP) is 3.54. The van der Waals surface area contributed by atoms with Gasteiger partial charge in [0.1, 0.15) is 5.75 Å². The normalized spacial score (nSPS) is 11.8. The van der Waals surface area contributed by atoms with Crippen molar-refractivity contribution in [3.8, 4) is 5.75 Å². The second-order valence-electron chi connectivity index (χ2n) is 3.70. The lowest BCUT2D eigenvalue weighted by Crippen LogP contribution is -2.18. The SMILES string of the molecule is O=C(O)C(Oc1ccccc1)c1cccc(Cl)c1. The fourth-order valence-corrected chi connectivity index (χ4v) is 1.76. The highest BCUT2D eigenvalue weighted by molar-refractivity contribution is 6.30. The average Bonchev–Trinajstić information content (AvgIpc) is 2.37. The van der Waals surface area contributed by atoms with E-state index in [1.807, 2.05) is 6.07 Å². The predicted molar refractivity (Wildman–Crippen MR) is 68.9 cm³/mol. The van der Waals surface area contributed by atoms with Gasteiger partial charge in [-0.1, -0.05) is 41.9 Å². The van der Waals surface area contributed by atoms with E-state index in [0.29, 0.717) is 16.3 Å². The van der Waals surface area contributed by atoms with Crippen molar-refractivity contribution in [2.24, 2.45) is 0 Å². The van der Waals surface area contributed by atoms with Gasteiger partial charge >= 0.3 is 5.97 Å². The minimum absolute atomic E-state index is 0.482. The zero-order valence-electron chi connectivity index (χ0n) is 9.42. The maximum atomic E-state index is 11.2. The van der Waals surface area contributed by atoms with Crippen LogP contribution in [0, 0.1) is 0 Å². The first kappa shape index (κ1) is 12.5. The number of carboxylic acids is 1. The van der Waals surface area contributed by atoms with Gasteiger partial charge in [0, 0.05) is 10.6 Å². The van der Waals surface area contributed by atoms with E-state index in [-0.39, 0.29) is 0 Å². The molecule has 0 radical (unpaired) electrons. The minimum atomic E-state index is -1.06. The first-order valence-electron chi connectivity index (χ1n) is 5.37. The van der Waals surface area contributed by atoms with Crippen LogP contribution in [0.1, 0.15) is 11.7 Å². The molecule has 2 aromatic rings. The Balaban J connectivity index is 2.27. The third kappa shape index (κ3) is 3.02. The number of hydrogen-bond acceptors (Lipinski definition) is 2. The number of hydrogen-bond donors (Lipinski definition) is 1. The fourth-order valence-electron chi connectivity index (χ4n) is 1.57. The summed E-state index contributed by atoms with van der Waals surface area (Å²) in [6, 6.07) is 15.5. The number of carbonyl (C=O) groups is 1. The highest BCUT2D eigenvalue weighted by Crippen LogP contribution is 2.24. The van der Waals surface area contributed by atoms with E-state index in [4.69, 9.17) is 16.3 Å². The molecule has 18 heavy (non-hydrogen) atoms. The molecule has 0 amide bonds. The van der Waals surface area contributed by atoms with Crippen molar-refractivity contribution in [2.45, 2.75) is 6.10 Å². The minimum Gasteiger partial charge on any atom is -0.478 e. The Morgan fingerprint density at radius 3 is 2.44 bits per heavy atom. The molecule has 0 bridgehead atoms. The van der Waals surface area contributed by atoms with Gasteiger partial charge in [-0.2, -0.15) is 0 Å². The monoisotopic (exact) mass is 262 g/mol. The van der Waals surface area contributed by atoms with Gasteiger partial charge in [0.25, 0.3) is 0 Å². The number of rotatable bonds is 4. The molecule has 0 spiro atoms. The summed E-state index contributed by atoms with van der Waals surface area (Å²) in [5.74, 6) is -0.550.